The van der Waals surface area contributed by atoms with Crippen molar-refractivity contribution in [1.29, 1.82) is 0 Å². The third-order valence-electron chi connectivity index (χ3n) is 5.84. The molecule has 0 spiro atoms. The lowest BCUT2D eigenvalue weighted by Crippen LogP contribution is -2.20. The predicted octanol–water partition coefficient (Wildman–Crippen LogP) is 5.89. The molecule has 0 unspecified atom stereocenters. The molecule has 2 aromatic carbocycles. The number of carbonyl (C=O) groups excluding carboxylic acids is 2. The summed E-state index contributed by atoms with van der Waals surface area (Å²) in [6.07, 6.45) is 8.74. The summed E-state index contributed by atoms with van der Waals surface area (Å²) in [6.45, 7) is 1.96. The van der Waals surface area contributed by atoms with Crippen LogP contribution in [-0.4, -0.2) is 25.5 Å². The Morgan fingerprint density at radius 3 is 2.41 bits per heavy atom. The van der Waals surface area contributed by atoms with Crippen molar-refractivity contribution in [3.05, 3.63) is 48.0 Å². The fourth-order valence-electron chi connectivity index (χ4n) is 4.04. The Morgan fingerprint density at radius 2 is 1.72 bits per heavy atom. The third-order valence-corrected chi connectivity index (χ3v) is 5.84. The minimum absolute atomic E-state index is 0.0511. The summed E-state index contributed by atoms with van der Waals surface area (Å²) in [4.78, 5) is 24.3. The Hall–Kier alpha value is -3.02. The van der Waals surface area contributed by atoms with Gasteiger partial charge in [0.1, 0.15) is 11.5 Å². The summed E-state index contributed by atoms with van der Waals surface area (Å²) in [7, 11) is 1.53. The molecule has 2 aromatic rings. The van der Waals surface area contributed by atoms with Crippen LogP contribution in [0.5, 0.6) is 11.5 Å². The highest BCUT2D eigenvalue weighted by Gasteiger charge is 2.15. The van der Waals surface area contributed by atoms with Gasteiger partial charge < -0.3 is 20.1 Å². The molecule has 6 heteroatoms. The first-order valence-electron chi connectivity index (χ1n) is 11.6. The number of hydrogen-bond donors (Lipinski definition) is 2. The second kappa shape index (κ2) is 12.1. The van der Waals surface area contributed by atoms with Crippen LogP contribution in [0.4, 0.5) is 11.4 Å². The Kier molecular flexibility index (Phi) is 8.96. The van der Waals surface area contributed by atoms with Gasteiger partial charge in [0.15, 0.2) is 6.61 Å². The van der Waals surface area contributed by atoms with Gasteiger partial charge >= 0.3 is 0 Å². The smallest absolute Gasteiger partial charge is 0.262 e. The van der Waals surface area contributed by atoms with Crippen molar-refractivity contribution in [2.45, 2.75) is 64.2 Å². The molecule has 1 aliphatic carbocycles. The van der Waals surface area contributed by atoms with Crippen LogP contribution in [0.25, 0.3) is 0 Å². The van der Waals surface area contributed by atoms with Crippen molar-refractivity contribution in [3.8, 4) is 11.5 Å². The summed E-state index contributed by atoms with van der Waals surface area (Å²) in [5, 5.41) is 5.66. The minimum Gasteiger partial charge on any atom is -0.494 e. The topological polar surface area (TPSA) is 76.7 Å². The molecule has 1 aliphatic rings. The minimum atomic E-state index is -0.261. The van der Waals surface area contributed by atoms with Crippen LogP contribution in [0.2, 0.25) is 0 Å². The zero-order valence-electron chi connectivity index (χ0n) is 19.1. The molecule has 0 aromatic heterocycles. The van der Waals surface area contributed by atoms with Gasteiger partial charge in [-0.1, -0.05) is 44.7 Å². The summed E-state index contributed by atoms with van der Waals surface area (Å²) in [5.74, 6) is 1.51. The molecular formula is C26H34N2O4. The number of amides is 2. The van der Waals surface area contributed by atoms with Gasteiger partial charge in [-0.15, -0.1) is 0 Å². The Balaban J connectivity index is 1.50. The molecule has 3 rings (SSSR count). The second-order valence-corrected chi connectivity index (χ2v) is 8.31. The largest absolute Gasteiger partial charge is 0.494 e. The van der Waals surface area contributed by atoms with Crippen LogP contribution in [0, 0.1) is 0 Å². The molecule has 2 N–H and O–H groups in total. The average molecular weight is 439 g/mol. The van der Waals surface area contributed by atoms with Gasteiger partial charge in [-0.3, -0.25) is 9.59 Å². The number of rotatable bonds is 10. The highest BCUT2D eigenvalue weighted by molar-refractivity contribution is 5.95. The van der Waals surface area contributed by atoms with Gasteiger partial charge in [-0.2, -0.15) is 0 Å². The van der Waals surface area contributed by atoms with Crippen molar-refractivity contribution in [3.63, 3.8) is 0 Å². The fourth-order valence-corrected chi connectivity index (χ4v) is 4.04. The Morgan fingerprint density at radius 1 is 0.969 bits per heavy atom. The van der Waals surface area contributed by atoms with Gasteiger partial charge in [0.05, 0.1) is 12.8 Å². The quantitative estimate of drug-likeness (QED) is 0.485. The van der Waals surface area contributed by atoms with Crippen molar-refractivity contribution in [2.24, 2.45) is 0 Å². The molecule has 6 nitrogen and oxygen atoms in total. The molecule has 0 heterocycles. The fraction of sp³-hybridized carbons (Fsp3) is 0.462. The van der Waals surface area contributed by atoms with E-state index in [1.165, 1.54) is 44.8 Å². The number of methoxy groups -OCH3 is 1. The van der Waals surface area contributed by atoms with Crippen molar-refractivity contribution in [1.82, 2.24) is 0 Å². The highest BCUT2D eigenvalue weighted by atomic mass is 16.5. The van der Waals surface area contributed by atoms with E-state index in [1.54, 1.807) is 18.2 Å². The maximum absolute atomic E-state index is 12.3. The van der Waals surface area contributed by atoms with E-state index in [0.717, 1.165) is 12.8 Å². The lowest BCUT2D eigenvalue weighted by molar-refractivity contribution is -0.118. The van der Waals surface area contributed by atoms with Crippen LogP contribution in [0.1, 0.15) is 69.8 Å². The van der Waals surface area contributed by atoms with E-state index >= 15 is 0 Å². The molecule has 0 aliphatic heterocycles. The third kappa shape index (κ3) is 7.01. The van der Waals surface area contributed by atoms with Crippen molar-refractivity contribution in [2.75, 3.05) is 24.4 Å². The molecular weight excluding hydrogens is 404 g/mol. The number of hydrogen-bond acceptors (Lipinski definition) is 4. The molecule has 2 amide bonds. The molecule has 0 bridgehead atoms. The van der Waals surface area contributed by atoms with E-state index in [1.807, 2.05) is 19.1 Å². The SMILES string of the molecule is CCCCC(=O)Nc1ccc(NC(=O)COc2ccc(C3CCCCC3)cc2)cc1OC. The number of nitrogens with one attached hydrogen (secondary N) is 2. The van der Waals surface area contributed by atoms with Crippen LogP contribution in [-0.2, 0) is 9.59 Å². The first-order chi connectivity index (χ1) is 15.6. The molecule has 0 saturated heterocycles. The zero-order chi connectivity index (χ0) is 22.8. The van der Waals surface area contributed by atoms with Crippen LogP contribution in [0.15, 0.2) is 42.5 Å². The van der Waals surface area contributed by atoms with E-state index in [0.29, 0.717) is 35.2 Å². The summed E-state index contributed by atoms with van der Waals surface area (Å²) < 4.78 is 11.0. The van der Waals surface area contributed by atoms with Gasteiger partial charge in [-0.05, 0) is 55.0 Å². The number of unbranched alkanes of at least 4 members (excludes halogenated alkanes) is 1. The standard InChI is InChI=1S/C26H34N2O4/c1-3-4-10-25(29)28-23-16-13-21(17-24(23)31-2)27-26(30)18-32-22-14-11-20(12-15-22)19-8-6-5-7-9-19/h11-17,19H,3-10,18H2,1-2H3,(H,27,30)(H,28,29). The van der Waals surface area contributed by atoms with E-state index in [4.69, 9.17) is 9.47 Å². The number of anilines is 2. The molecule has 1 saturated carbocycles. The number of benzene rings is 2. The van der Waals surface area contributed by atoms with E-state index in [9.17, 15) is 9.59 Å². The van der Waals surface area contributed by atoms with Gasteiger partial charge in [0.25, 0.3) is 5.91 Å². The lowest BCUT2D eigenvalue weighted by Gasteiger charge is -2.22. The van der Waals surface area contributed by atoms with Crippen LogP contribution >= 0.6 is 0 Å². The summed E-state index contributed by atoms with van der Waals surface area (Å²) in [5.41, 5.74) is 2.52. The first kappa shape index (κ1) is 23.6. The maximum atomic E-state index is 12.3. The zero-order valence-corrected chi connectivity index (χ0v) is 19.1. The Bertz CT molecular complexity index is 889. The molecule has 0 radical (unpaired) electrons. The summed E-state index contributed by atoms with van der Waals surface area (Å²) in [6, 6.07) is 13.3. The molecule has 0 atom stereocenters. The van der Waals surface area contributed by atoms with Crippen LogP contribution in [0.3, 0.4) is 0 Å². The number of ether oxygens (including phenoxy) is 2. The Labute approximate surface area is 190 Å². The molecule has 1 fully saturated rings. The highest BCUT2D eigenvalue weighted by Crippen LogP contribution is 2.33. The lowest BCUT2D eigenvalue weighted by atomic mass is 9.84. The van der Waals surface area contributed by atoms with Gasteiger partial charge in [0, 0.05) is 18.2 Å². The normalized spacial score (nSPS) is 13.9. The van der Waals surface area contributed by atoms with Gasteiger partial charge in [0.2, 0.25) is 5.91 Å². The van der Waals surface area contributed by atoms with Crippen molar-refractivity contribution >= 4 is 23.2 Å². The maximum Gasteiger partial charge on any atom is 0.262 e. The average Bonchev–Trinajstić information content (AvgIpc) is 2.83. The van der Waals surface area contributed by atoms with E-state index in [-0.39, 0.29) is 18.4 Å². The van der Waals surface area contributed by atoms with Gasteiger partial charge in [-0.25, -0.2) is 0 Å². The summed E-state index contributed by atoms with van der Waals surface area (Å²) >= 11 is 0. The first-order valence-corrected chi connectivity index (χ1v) is 11.6. The van der Waals surface area contributed by atoms with Crippen LogP contribution < -0.4 is 20.1 Å². The molecule has 172 valence electrons. The van der Waals surface area contributed by atoms with Crippen molar-refractivity contribution < 1.29 is 19.1 Å². The van der Waals surface area contributed by atoms with E-state index < -0.39 is 0 Å². The number of carbonyl (C=O) groups is 2. The van der Waals surface area contributed by atoms with E-state index in [2.05, 4.69) is 22.8 Å². The monoisotopic (exact) mass is 438 g/mol. The second-order valence-electron chi connectivity index (χ2n) is 8.31. The molecule has 32 heavy (non-hydrogen) atoms. The predicted molar refractivity (Wildman–Crippen MR) is 128 cm³/mol.